The van der Waals surface area contributed by atoms with Gasteiger partial charge in [-0.3, -0.25) is 19.3 Å². The Hall–Kier alpha value is -4.89. The summed E-state index contributed by atoms with van der Waals surface area (Å²) in [5.41, 5.74) is 22.6. The summed E-state index contributed by atoms with van der Waals surface area (Å²) in [4.78, 5) is 38.2. The van der Waals surface area contributed by atoms with Crippen molar-refractivity contribution in [3.63, 3.8) is 0 Å². The molecule has 1 fully saturated rings. The van der Waals surface area contributed by atoms with Crippen molar-refractivity contribution >= 4 is 51.7 Å². The number of carbonyl (C=O) groups is 3. The monoisotopic (exact) mass is 497 g/mol. The van der Waals surface area contributed by atoms with Crippen molar-refractivity contribution < 1.29 is 28.8 Å². The number of rotatable bonds is 7. The van der Waals surface area contributed by atoms with E-state index in [1.54, 1.807) is 12.1 Å². The van der Waals surface area contributed by atoms with E-state index in [-0.39, 0.29) is 36.2 Å². The lowest BCUT2D eigenvalue weighted by molar-refractivity contribution is -0.150. The van der Waals surface area contributed by atoms with Crippen LogP contribution in [-0.4, -0.2) is 63.1 Å². The summed E-state index contributed by atoms with van der Waals surface area (Å²) in [5.74, 6) is -2.00. The van der Waals surface area contributed by atoms with Crippen LogP contribution in [0.1, 0.15) is 0 Å². The van der Waals surface area contributed by atoms with Crippen molar-refractivity contribution in [2.24, 2.45) is 17.2 Å². The first-order chi connectivity index (χ1) is 17.2. The van der Waals surface area contributed by atoms with E-state index >= 15 is 0 Å². The molecule has 4 rings (SSSR count). The van der Waals surface area contributed by atoms with E-state index in [9.17, 15) is 19.5 Å². The smallest absolute Gasteiger partial charge is 0.264 e. The lowest BCUT2D eigenvalue weighted by atomic mass is 10.1. The van der Waals surface area contributed by atoms with Gasteiger partial charge in [0.05, 0.1) is 29.9 Å². The van der Waals surface area contributed by atoms with Gasteiger partial charge in [0, 0.05) is 30.2 Å². The van der Waals surface area contributed by atoms with Gasteiger partial charge in [0.25, 0.3) is 17.7 Å². The number of benzene rings is 1. The number of ether oxygens (including phenoxy) is 1. The summed E-state index contributed by atoms with van der Waals surface area (Å²) < 4.78 is 11.7. The van der Waals surface area contributed by atoms with E-state index in [0.717, 1.165) is 6.20 Å². The molecule has 2 aromatic heterocycles. The topological polar surface area (TPSA) is 244 Å². The molecular formula is C21H23N9O6. The van der Waals surface area contributed by atoms with Crippen LogP contribution in [0.3, 0.4) is 0 Å². The van der Waals surface area contributed by atoms with E-state index in [2.05, 4.69) is 15.6 Å². The molecule has 1 saturated heterocycles. The number of allylic oxidation sites excluding steroid dienone is 2. The van der Waals surface area contributed by atoms with Crippen molar-refractivity contribution in [1.82, 2.24) is 14.9 Å². The fourth-order valence-electron chi connectivity index (χ4n) is 3.47. The summed E-state index contributed by atoms with van der Waals surface area (Å²) in [6.45, 7) is 0.149. The second kappa shape index (κ2) is 9.77. The van der Waals surface area contributed by atoms with Gasteiger partial charge in [-0.2, -0.15) is 0 Å². The third-order valence-corrected chi connectivity index (χ3v) is 5.32. The zero-order valence-electron chi connectivity index (χ0n) is 18.7. The fourth-order valence-corrected chi connectivity index (χ4v) is 3.47. The summed E-state index contributed by atoms with van der Waals surface area (Å²) in [6, 6.07) is 6.13. The van der Waals surface area contributed by atoms with Crippen molar-refractivity contribution in [2.75, 3.05) is 29.1 Å². The Morgan fingerprint density at radius 1 is 1.28 bits per heavy atom. The molecule has 3 heterocycles. The van der Waals surface area contributed by atoms with Crippen LogP contribution in [0.5, 0.6) is 0 Å². The van der Waals surface area contributed by atoms with Crippen molar-refractivity contribution in [1.29, 1.82) is 0 Å². The molecule has 0 radical (unpaired) electrons. The Morgan fingerprint density at radius 3 is 2.78 bits per heavy atom. The molecule has 15 nitrogen and oxygen atoms in total. The second-order valence-corrected chi connectivity index (χ2v) is 7.67. The number of hydrogen-bond acceptors (Lipinski definition) is 11. The third-order valence-electron chi connectivity index (χ3n) is 5.32. The van der Waals surface area contributed by atoms with Crippen molar-refractivity contribution in [3.8, 4) is 0 Å². The Bertz CT molecular complexity index is 1390. The number of carbonyl (C=O) groups excluding carboxylic acids is 3. The maximum Gasteiger partial charge on any atom is 0.264 e. The molecule has 0 spiro atoms. The number of hydrogen-bond donors (Lipinski definition) is 6. The number of nitrogens with two attached hydrogens (primary N) is 4. The Kier molecular flexibility index (Phi) is 6.58. The van der Waals surface area contributed by atoms with Crippen LogP contribution in [0.25, 0.3) is 16.7 Å². The molecule has 15 heteroatoms. The van der Waals surface area contributed by atoms with Gasteiger partial charge in [-0.15, -0.1) is 5.10 Å². The molecule has 1 aromatic carbocycles. The van der Waals surface area contributed by atoms with Crippen molar-refractivity contribution in [3.05, 3.63) is 48.4 Å². The highest BCUT2D eigenvalue weighted by atomic mass is 16.5. The third kappa shape index (κ3) is 4.68. The maximum atomic E-state index is 13.1. The lowest BCUT2D eigenvalue weighted by Gasteiger charge is -2.32. The molecule has 2 unspecified atom stereocenters. The average molecular weight is 497 g/mol. The first kappa shape index (κ1) is 24.2. The molecular weight excluding hydrogens is 474 g/mol. The number of nitrogen functional groups attached to an aromatic ring is 1. The zero-order valence-corrected chi connectivity index (χ0v) is 18.7. The highest BCUT2D eigenvalue weighted by molar-refractivity contribution is 6.04. The highest BCUT2D eigenvalue weighted by Gasteiger charge is 2.40. The minimum absolute atomic E-state index is 0.0328. The Balaban J connectivity index is 1.47. The quantitative estimate of drug-likeness (QED) is 0.161. The average Bonchev–Trinajstić information content (AvgIpc) is 3.49. The molecule has 3 amide bonds. The van der Waals surface area contributed by atoms with E-state index in [4.69, 9.17) is 32.2 Å². The first-order valence-corrected chi connectivity index (χ1v) is 10.5. The first-order valence-electron chi connectivity index (χ1n) is 10.5. The number of aliphatic hydroxyl groups excluding tert-OH is 1. The highest BCUT2D eigenvalue weighted by Crippen LogP contribution is 2.24. The van der Waals surface area contributed by atoms with E-state index < -0.39 is 29.9 Å². The number of anilines is 3. The molecule has 0 aliphatic carbocycles. The molecule has 2 atom stereocenters. The molecule has 36 heavy (non-hydrogen) atoms. The van der Waals surface area contributed by atoms with Gasteiger partial charge in [-0.1, -0.05) is 5.16 Å². The lowest BCUT2D eigenvalue weighted by Crippen LogP contribution is -2.55. The number of primary amides is 1. The fraction of sp³-hybridized carbons (Fsp3) is 0.190. The maximum absolute atomic E-state index is 13.1. The Morgan fingerprint density at radius 2 is 2.06 bits per heavy atom. The summed E-state index contributed by atoms with van der Waals surface area (Å²) >= 11 is 0. The van der Waals surface area contributed by atoms with Crippen LogP contribution in [0.2, 0.25) is 0 Å². The number of morpholine rings is 1. The number of nitrogens with one attached hydrogen (secondary N) is 1. The minimum Gasteiger partial charge on any atom is -0.403 e. The van der Waals surface area contributed by atoms with Gasteiger partial charge in [0.15, 0.2) is 29.4 Å². The Labute approximate surface area is 202 Å². The molecule has 0 saturated carbocycles. The normalized spacial score (nSPS) is 17.9. The molecule has 0 bridgehead atoms. The van der Waals surface area contributed by atoms with E-state index in [0.29, 0.717) is 16.7 Å². The number of amides is 3. The summed E-state index contributed by atoms with van der Waals surface area (Å²) in [5, 5.41) is 21.5. The van der Waals surface area contributed by atoms with Crippen molar-refractivity contribution in [2.45, 2.75) is 12.2 Å². The van der Waals surface area contributed by atoms with E-state index in [1.165, 1.54) is 34.0 Å². The van der Waals surface area contributed by atoms with Gasteiger partial charge in [-0.25, -0.2) is 4.68 Å². The number of aliphatic hydroxyl groups is 1. The molecule has 10 N–H and O–H groups in total. The van der Waals surface area contributed by atoms with E-state index in [1.807, 2.05) is 0 Å². The standard InChI is InChI=1S/C21H23N9O6/c22-9-11(8-13(23)19(25)32)30-4-3-15(27-30)29-5-6-35-17(21(29)34)16(31)20(33)26-10-1-2-12-14(7-10)36-28-18(12)24/h1-4,7-9,16-17,31H,5-6,22-23H2,(H2,24,28)(H2,25,32)(H,26,33)/b11-9+,13-8-. The SMILES string of the molecule is N/C=C(\C=C(/N)C(N)=O)n1ccc(N2CCOC(C(O)C(=O)Nc3ccc4c(N)noc4c3)C2=O)n1. The summed E-state index contributed by atoms with van der Waals surface area (Å²) in [6.07, 6.45) is 0.544. The van der Waals surface area contributed by atoms with Crippen LogP contribution in [-0.2, 0) is 19.1 Å². The molecule has 3 aromatic rings. The molecule has 1 aliphatic rings. The van der Waals surface area contributed by atoms with Gasteiger partial charge in [0.2, 0.25) is 0 Å². The molecule has 1 aliphatic heterocycles. The van der Waals surface area contributed by atoms with Crippen LogP contribution in [0.4, 0.5) is 17.3 Å². The number of aromatic nitrogens is 3. The largest absolute Gasteiger partial charge is 0.403 e. The van der Waals surface area contributed by atoms with Crippen LogP contribution in [0, 0.1) is 0 Å². The summed E-state index contributed by atoms with van der Waals surface area (Å²) in [7, 11) is 0. The van der Waals surface area contributed by atoms with Gasteiger partial charge < -0.3 is 42.6 Å². The molecule has 188 valence electrons. The zero-order chi connectivity index (χ0) is 26.0. The number of nitrogens with zero attached hydrogens (tertiary/aromatic N) is 4. The van der Waals surface area contributed by atoms with Gasteiger partial charge >= 0.3 is 0 Å². The predicted octanol–water partition coefficient (Wildman–Crippen LogP) is -1.58. The number of fused-ring (bicyclic) bond motifs is 1. The minimum atomic E-state index is -1.82. The predicted molar refractivity (Wildman–Crippen MR) is 127 cm³/mol. The van der Waals surface area contributed by atoms with Gasteiger partial charge in [-0.05, 0) is 18.2 Å². The van der Waals surface area contributed by atoms with Crippen LogP contribution >= 0.6 is 0 Å². The van der Waals surface area contributed by atoms with Crippen LogP contribution in [0.15, 0.2) is 53.0 Å². The second-order valence-electron chi connectivity index (χ2n) is 7.67. The van der Waals surface area contributed by atoms with Gasteiger partial charge in [0.1, 0.15) is 0 Å². The van der Waals surface area contributed by atoms with Crippen LogP contribution < -0.4 is 33.2 Å².